The Balaban J connectivity index is 3.08. The highest BCUT2D eigenvalue weighted by Crippen LogP contribution is 2.24. The summed E-state index contributed by atoms with van der Waals surface area (Å²) in [6.07, 6.45) is 0. The molecule has 18 heavy (non-hydrogen) atoms. The number of aliphatic hydroxyl groups is 1. The van der Waals surface area contributed by atoms with Gasteiger partial charge in [0.15, 0.2) is 0 Å². The van der Waals surface area contributed by atoms with Crippen LogP contribution >= 0.6 is 0 Å². The summed E-state index contributed by atoms with van der Waals surface area (Å²) in [4.78, 5) is 0.0392. The zero-order valence-electron chi connectivity index (χ0n) is 10.7. The van der Waals surface area contributed by atoms with E-state index >= 15 is 0 Å². The minimum atomic E-state index is -3.55. The number of hydrogen-bond donors (Lipinski definition) is 4. The van der Waals surface area contributed by atoms with Gasteiger partial charge >= 0.3 is 0 Å². The molecule has 7 heteroatoms. The van der Waals surface area contributed by atoms with Gasteiger partial charge in [-0.2, -0.15) is 0 Å². The summed E-state index contributed by atoms with van der Waals surface area (Å²) in [6, 6.07) is 4.57. The molecule has 0 aliphatic heterocycles. The van der Waals surface area contributed by atoms with E-state index < -0.39 is 15.6 Å². The van der Waals surface area contributed by atoms with Crippen LogP contribution in [0.2, 0.25) is 0 Å². The van der Waals surface area contributed by atoms with Crippen LogP contribution < -0.4 is 15.8 Å². The highest BCUT2D eigenvalue weighted by molar-refractivity contribution is 7.89. The highest BCUT2D eigenvalue weighted by atomic mass is 32.2. The van der Waals surface area contributed by atoms with E-state index in [2.05, 4.69) is 10.0 Å². The number of benzene rings is 1. The summed E-state index contributed by atoms with van der Waals surface area (Å²) in [7, 11) is -2.22. The molecule has 0 heterocycles. The van der Waals surface area contributed by atoms with Crippen molar-refractivity contribution in [2.24, 2.45) is 0 Å². The van der Waals surface area contributed by atoms with Crippen LogP contribution in [0.4, 0.5) is 11.4 Å². The Kier molecular flexibility index (Phi) is 4.20. The summed E-state index contributed by atoms with van der Waals surface area (Å²) in [5.74, 6) is 0. The monoisotopic (exact) mass is 273 g/mol. The number of hydrogen-bond acceptors (Lipinski definition) is 5. The fourth-order valence-corrected chi connectivity index (χ4v) is 2.25. The third kappa shape index (κ3) is 3.34. The molecule has 0 atom stereocenters. The molecular formula is C11H19N3O3S. The Hall–Kier alpha value is -1.31. The average Bonchev–Trinajstić information content (AvgIpc) is 2.28. The second-order valence-corrected chi connectivity index (χ2v) is 6.48. The number of aliphatic hydroxyl groups excluding tert-OH is 1. The fourth-order valence-electron chi connectivity index (χ4n) is 1.41. The van der Waals surface area contributed by atoms with Crippen LogP contribution in [0.15, 0.2) is 23.1 Å². The van der Waals surface area contributed by atoms with E-state index in [1.165, 1.54) is 19.2 Å². The quantitative estimate of drug-likeness (QED) is 0.580. The Labute approximate surface area is 107 Å². The first-order chi connectivity index (χ1) is 8.22. The number of anilines is 2. The number of nitrogen functional groups attached to an aromatic ring is 1. The zero-order valence-corrected chi connectivity index (χ0v) is 11.5. The smallest absolute Gasteiger partial charge is 0.242 e. The third-order valence-electron chi connectivity index (χ3n) is 2.45. The standard InChI is InChI=1S/C11H19N3O3S/c1-11(2,7-15)14-8-4-5-10(9(12)6-8)18(16,17)13-3/h4-6,13-15H,7,12H2,1-3H3. The van der Waals surface area contributed by atoms with E-state index in [9.17, 15) is 8.42 Å². The summed E-state index contributed by atoms with van der Waals surface area (Å²) in [6.45, 7) is 3.59. The van der Waals surface area contributed by atoms with Crippen molar-refractivity contribution in [3.05, 3.63) is 18.2 Å². The van der Waals surface area contributed by atoms with Crippen LogP contribution in [-0.2, 0) is 10.0 Å². The van der Waals surface area contributed by atoms with E-state index in [0.717, 1.165) is 0 Å². The minimum Gasteiger partial charge on any atom is -0.398 e. The van der Waals surface area contributed by atoms with Gasteiger partial charge in [0.05, 0.1) is 17.8 Å². The highest BCUT2D eigenvalue weighted by Gasteiger charge is 2.18. The summed E-state index contributed by atoms with van der Waals surface area (Å²) in [5, 5.41) is 12.2. The van der Waals surface area contributed by atoms with Crippen LogP contribution in [0.25, 0.3) is 0 Å². The van der Waals surface area contributed by atoms with Gasteiger partial charge in [-0.1, -0.05) is 0 Å². The first-order valence-electron chi connectivity index (χ1n) is 5.44. The van der Waals surface area contributed by atoms with E-state index in [4.69, 9.17) is 10.8 Å². The predicted molar refractivity (Wildman–Crippen MR) is 71.9 cm³/mol. The molecule has 0 unspecified atom stereocenters. The summed E-state index contributed by atoms with van der Waals surface area (Å²) in [5.41, 5.74) is 6.03. The Morgan fingerprint density at radius 1 is 1.39 bits per heavy atom. The largest absolute Gasteiger partial charge is 0.398 e. The van der Waals surface area contributed by atoms with Crippen LogP contribution in [0.3, 0.4) is 0 Å². The molecule has 6 nitrogen and oxygen atoms in total. The van der Waals surface area contributed by atoms with Crippen molar-refractivity contribution >= 4 is 21.4 Å². The van der Waals surface area contributed by atoms with Gasteiger partial charge in [0.25, 0.3) is 0 Å². The van der Waals surface area contributed by atoms with Gasteiger partial charge < -0.3 is 16.2 Å². The van der Waals surface area contributed by atoms with E-state index in [0.29, 0.717) is 5.69 Å². The van der Waals surface area contributed by atoms with Crippen LogP contribution in [0.1, 0.15) is 13.8 Å². The number of sulfonamides is 1. The number of nitrogens with two attached hydrogens (primary N) is 1. The van der Waals surface area contributed by atoms with Crippen LogP contribution in [0.5, 0.6) is 0 Å². The zero-order chi connectivity index (χ0) is 14.0. The molecule has 0 radical (unpaired) electrons. The lowest BCUT2D eigenvalue weighted by molar-refractivity contribution is 0.234. The topological polar surface area (TPSA) is 104 Å². The van der Waals surface area contributed by atoms with E-state index in [1.807, 2.05) is 13.8 Å². The number of rotatable bonds is 5. The first-order valence-corrected chi connectivity index (χ1v) is 6.92. The molecule has 0 amide bonds. The molecule has 102 valence electrons. The van der Waals surface area contributed by atoms with Crippen molar-refractivity contribution in [2.75, 3.05) is 24.7 Å². The van der Waals surface area contributed by atoms with E-state index in [-0.39, 0.29) is 17.2 Å². The number of nitrogens with one attached hydrogen (secondary N) is 2. The van der Waals surface area contributed by atoms with Gasteiger partial charge in [0.1, 0.15) is 4.90 Å². The molecular weight excluding hydrogens is 254 g/mol. The summed E-state index contributed by atoms with van der Waals surface area (Å²) >= 11 is 0. The lowest BCUT2D eigenvalue weighted by Gasteiger charge is -2.25. The van der Waals surface area contributed by atoms with Crippen molar-refractivity contribution in [1.82, 2.24) is 4.72 Å². The normalized spacial score (nSPS) is 12.4. The second kappa shape index (κ2) is 5.13. The van der Waals surface area contributed by atoms with Crippen molar-refractivity contribution in [1.29, 1.82) is 0 Å². The molecule has 1 aromatic carbocycles. The molecule has 0 saturated heterocycles. The Bertz CT molecular complexity index is 526. The molecule has 0 spiro atoms. The molecule has 0 aliphatic rings. The van der Waals surface area contributed by atoms with Gasteiger partial charge in [-0.3, -0.25) is 0 Å². The molecule has 0 bridgehead atoms. The van der Waals surface area contributed by atoms with Gasteiger partial charge in [-0.25, -0.2) is 13.1 Å². The van der Waals surface area contributed by atoms with Gasteiger partial charge in [0, 0.05) is 5.69 Å². The molecule has 0 fully saturated rings. The molecule has 0 saturated carbocycles. The molecule has 1 rings (SSSR count). The Morgan fingerprint density at radius 2 is 2.00 bits per heavy atom. The maximum Gasteiger partial charge on any atom is 0.242 e. The second-order valence-electron chi connectivity index (χ2n) is 4.63. The predicted octanol–water partition coefficient (Wildman–Crippen LogP) is 0.360. The molecule has 5 N–H and O–H groups in total. The SMILES string of the molecule is CNS(=O)(=O)c1ccc(NC(C)(C)CO)cc1N. The van der Waals surface area contributed by atoms with Crippen LogP contribution in [0, 0.1) is 0 Å². The van der Waals surface area contributed by atoms with Crippen molar-refractivity contribution < 1.29 is 13.5 Å². The Morgan fingerprint density at radius 3 is 2.44 bits per heavy atom. The van der Waals surface area contributed by atoms with Gasteiger partial charge in [-0.15, -0.1) is 0 Å². The van der Waals surface area contributed by atoms with E-state index in [1.54, 1.807) is 6.07 Å². The van der Waals surface area contributed by atoms with Crippen LogP contribution in [-0.4, -0.2) is 32.7 Å². The van der Waals surface area contributed by atoms with Gasteiger partial charge in [-0.05, 0) is 39.1 Å². The van der Waals surface area contributed by atoms with Crippen molar-refractivity contribution in [3.8, 4) is 0 Å². The lowest BCUT2D eigenvalue weighted by atomic mass is 10.1. The third-order valence-corrected chi connectivity index (χ3v) is 3.93. The maximum atomic E-state index is 11.6. The van der Waals surface area contributed by atoms with Gasteiger partial charge in [0.2, 0.25) is 10.0 Å². The lowest BCUT2D eigenvalue weighted by Crippen LogP contribution is -2.34. The first kappa shape index (κ1) is 14.7. The maximum absolute atomic E-state index is 11.6. The van der Waals surface area contributed by atoms with Crippen molar-refractivity contribution in [3.63, 3.8) is 0 Å². The van der Waals surface area contributed by atoms with Crippen molar-refractivity contribution in [2.45, 2.75) is 24.3 Å². The fraction of sp³-hybridized carbons (Fsp3) is 0.455. The molecule has 1 aromatic rings. The average molecular weight is 273 g/mol. The minimum absolute atomic E-state index is 0.0392. The molecule has 0 aromatic heterocycles. The molecule has 0 aliphatic carbocycles. The summed E-state index contributed by atoms with van der Waals surface area (Å²) < 4.78 is 25.5.